The minimum atomic E-state index is -0.0869. The van der Waals surface area contributed by atoms with Crippen molar-refractivity contribution < 1.29 is 9.21 Å². The summed E-state index contributed by atoms with van der Waals surface area (Å²) in [6.07, 6.45) is 6.42. The highest BCUT2D eigenvalue weighted by molar-refractivity contribution is 5.87. The van der Waals surface area contributed by atoms with Gasteiger partial charge in [-0.05, 0) is 26.0 Å². The zero-order chi connectivity index (χ0) is 9.68. The Morgan fingerprint density at radius 3 is 3.00 bits per heavy atom. The van der Waals surface area contributed by atoms with Gasteiger partial charge in [-0.2, -0.15) is 0 Å². The number of nitrogens with one attached hydrogen (secondary N) is 1. The first kappa shape index (κ1) is 9.58. The summed E-state index contributed by atoms with van der Waals surface area (Å²) < 4.78 is 4.91. The van der Waals surface area contributed by atoms with Crippen LogP contribution in [-0.4, -0.2) is 5.91 Å². The maximum absolute atomic E-state index is 11.1. The number of hydrogen-bond donors (Lipinski definition) is 1. The van der Waals surface area contributed by atoms with E-state index in [1.54, 1.807) is 18.6 Å². The number of furan rings is 1. The molecule has 1 aromatic heterocycles. The van der Waals surface area contributed by atoms with Crippen LogP contribution in [0.15, 0.2) is 35.2 Å². The molecule has 1 aromatic rings. The second-order valence-electron chi connectivity index (χ2n) is 2.79. The Balaban J connectivity index is 2.51. The van der Waals surface area contributed by atoms with Crippen molar-refractivity contribution in [1.82, 2.24) is 5.32 Å². The molecule has 0 aliphatic carbocycles. The zero-order valence-electron chi connectivity index (χ0n) is 7.78. The van der Waals surface area contributed by atoms with E-state index in [0.717, 1.165) is 5.56 Å². The lowest BCUT2D eigenvalue weighted by molar-refractivity contribution is -0.117. The van der Waals surface area contributed by atoms with E-state index in [4.69, 9.17) is 4.42 Å². The fourth-order valence-corrected chi connectivity index (χ4v) is 1.02. The van der Waals surface area contributed by atoms with E-state index in [2.05, 4.69) is 5.32 Å². The highest BCUT2D eigenvalue weighted by atomic mass is 16.3. The lowest BCUT2D eigenvalue weighted by Gasteiger charge is -2.09. The molecular formula is C10H13NO2. The Morgan fingerprint density at radius 1 is 1.69 bits per heavy atom. The lowest BCUT2D eigenvalue weighted by atomic mass is 10.2. The molecule has 0 saturated heterocycles. The molecule has 0 spiro atoms. The van der Waals surface area contributed by atoms with E-state index < -0.39 is 0 Å². The van der Waals surface area contributed by atoms with Crippen LogP contribution in [0.4, 0.5) is 0 Å². The highest BCUT2D eigenvalue weighted by Gasteiger charge is 2.07. The van der Waals surface area contributed by atoms with Crippen LogP contribution in [0.2, 0.25) is 0 Å². The summed E-state index contributed by atoms with van der Waals surface area (Å²) in [5, 5.41) is 2.80. The minimum Gasteiger partial charge on any atom is -0.472 e. The van der Waals surface area contributed by atoms with E-state index in [1.165, 1.54) is 6.08 Å². The van der Waals surface area contributed by atoms with Gasteiger partial charge in [-0.3, -0.25) is 4.79 Å². The molecule has 13 heavy (non-hydrogen) atoms. The van der Waals surface area contributed by atoms with Gasteiger partial charge in [-0.1, -0.05) is 6.08 Å². The molecule has 0 saturated carbocycles. The molecule has 3 nitrogen and oxygen atoms in total. The molecule has 1 rings (SSSR count). The predicted molar refractivity (Wildman–Crippen MR) is 50.1 cm³/mol. The average molecular weight is 179 g/mol. The maximum atomic E-state index is 11.1. The summed E-state index contributed by atoms with van der Waals surface area (Å²) in [5.74, 6) is -0.0869. The number of hydrogen-bond acceptors (Lipinski definition) is 2. The van der Waals surface area contributed by atoms with Crippen molar-refractivity contribution in [2.75, 3.05) is 0 Å². The molecule has 0 fully saturated rings. The van der Waals surface area contributed by atoms with Gasteiger partial charge in [0, 0.05) is 5.56 Å². The minimum absolute atomic E-state index is 0.0116. The largest absolute Gasteiger partial charge is 0.472 e. The van der Waals surface area contributed by atoms with Gasteiger partial charge in [0.1, 0.15) is 0 Å². The first-order valence-electron chi connectivity index (χ1n) is 4.19. The van der Waals surface area contributed by atoms with E-state index in [-0.39, 0.29) is 11.9 Å². The molecule has 1 N–H and O–H groups in total. The van der Waals surface area contributed by atoms with Crippen LogP contribution in [-0.2, 0) is 4.79 Å². The summed E-state index contributed by atoms with van der Waals surface area (Å²) in [6.45, 7) is 3.72. The van der Waals surface area contributed by atoms with E-state index >= 15 is 0 Å². The van der Waals surface area contributed by atoms with Crippen molar-refractivity contribution in [2.24, 2.45) is 0 Å². The standard InChI is InChI=1S/C10H13NO2/c1-3-4-10(12)11-8(2)9-5-6-13-7-9/h3-8H,1-2H3,(H,11,12)/b4-3+. The maximum Gasteiger partial charge on any atom is 0.244 e. The number of carbonyl (C=O) groups excluding carboxylic acids is 1. The van der Waals surface area contributed by atoms with Gasteiger partial charge < -0.3 is 9.73 Å². The van der Waals surface area contributed by atoms with Gasteiger partial charge in [-0.25, -0.2) is 0 Å². The van der Waals surface area contributed by atoms with Crippen molar-refractivity contribution in [2.45, 2.75) is 19.9 Å². The fourth-order valence-electron chi connectivity index (χ4n) is 1.02. The Kier molecular flexibility index (Phi) is 3.31. The van der Waals surface area contributed by atoms with Gasteiger partial charge in [0.15, 0.2) is 0 Å². The van der Waals surface area contributed by atoms with E-state index in [0.29, 0.717) is 0 Å². The second-order valence-corrected chi connectivity index (χ2v) is 2.79. The third kappa shape index (κ3) is 2.78. The second kappa shape index (κ2) is 4.50. The van der Waals surface area contributed by atoms with Crippen molar-refractivity contribution >= 4 is 5.91 Å². The Morgan fingerprint density at radius 2 is 2.46 bits per heavy atom. The molecule has 0 bridgehead atoms. The van der Waals surface area contributed by atoms with Gasteiger partial charge in [0.2, 0.25) is 5.91 Å². The van der Waals surface area contributed by atoms with Crippen LogP contribution in [0.5, 0.6) is 0 Å². The summed E-state index contributed by atoms with van der Waals surface area (Å²) in [5.41, 5.74) is 0.970. The normalized spacial score (nSPS) is 13.1. The SMILES string of the molecule is C/C=C/C(=O)NC(C)c1ccoc1. The molecule has 1 unspecified atom stereocenters. The van der Waals surface area contributed by atoms with Crippen molar-refractivity contribution in [3.63, 3.8) is 0 Å². The van der Waals surface area contributed by atoms with E-state index in [1.807, 2.05) is 19.9 Å². The van der Waals surface area contributed by atoms with Gasteiger partial charge in [0.05, 0.1) is 18.6 Å². The third-order valence-corrected chi connectivity index (χ3v) is 1.72. The van der Waals surface area contributed by atoms with Crippen molar-refractivity contribution in [1.29, 1.82) is 0 Å². The van der Waals surface area contributed by atoms with Crippen molar-refractivity contribution in [3.05, 3.63) is 36.3 Å². The molecule has 1 amide bonds. The number of carbonyl (C=O) groups is 1. The summed E-state index contributed by atoms with van der Waals surface area (Å²) in [7, 11) is 0. The van der Waals surface area contributed by atoms with Gasteiger partial charge in [-0.15, -0.1) is 0 Å². The molecular weight excluding hydrogens is 166 g/mol. The molecule has 0 radical (unpaired) electrons. The number of allylic oxidation sites excluding steroid dienone is 1. The van der Waals surface area contributed by atoms with E-state index in [9.17, 15) is 4.79 Å². The summed E-state index contributed by atoms with van der Waals surface area (Å²) in [6, 6.07) is 1.82. The Labute approximate surface area is 77.4 Å². The first-order valence-corrected chi connectivity index (χ1v) is 4.19. The lowest BCUT2D eigenvalue weighted by Crippen LogP contribution is -2.24. The topological polar surface area (TPSA) is 42.2 Å². The monoisotopic (exact) mass is 179 g/mol. The fraction of sp³-hybridized carbons (Fsp3) is 0.300. The molecule has 0 aromatic carbocycles. The van der Waals surface area contributed by atoms with Gasteiger partial charge in [0.25, 0.3) is 0 Å². The van der Waals surface area contributed by atoms with Gasteiger partial charge >= 0.3 is 0 Å². The molecule has 0 aliphatic heterocycles. The van der Waals surface area contributed by atoms with Crippen molar-refractivity contribution in [3.8, 4) is 0 Å². The predicted octanol–water partition coefficient (Wildman–Crippen LogP) is 2.03. The molecule has 0 aliphatic rings. The smallest absolute Gasteiger partial charge is 0.244 e. The van der Waals surface area contributed by atoms with Crippen LogP contribution in [0, 0.1) is 0 Å². The molecule has 1 heterocycles. The number of rotatable bonds is 3. The molecule has 70 valence electrons. The van der Waals surface area contributed by atoms with Crippen LogP contribution < -0.4 is 5.32 Å². The average Bonchev–Trinajstić information content (AvgIpc) is 2.55. The van der Waals surface area contributed by atoms with Crippen LogP contribution in [0.1, 0.15) is 25.5 Å². The summed E-state index contributed by atoms with van der Waals surface area (Å²) in [4.78, 5) is 11.1. The molecule has 1 atom stereocenters. The number of amides is 1. The third-order valence-electron chi connectivity index (χ3n) is 1.72. The Bertz CT molecular complexity index is 288. The van der Waals surface area contributed by atoms with Crippen LogP contribution in [0.25, 0.3) is 0 Å². The summed E-state index contributed by atoms with van der Waals surface area (Å²) >= 11 is 0. The quantitative estimate of drug-likeness (QED) is 0.721. The van der Waals surface area contributed by atoms with Crippen LogP contribution >= 0.6 is 0 Å². The first-order chi connectivity index (χ1) is 6.24. The highest BCUT2D eigenvalue weighted by Crippen LogP contribution is 2.11. The molecule has 3 heteroatoms. The zero-order valence-corrected chi connectivity index (χ0v) is 7.78. The Hall–Kier alpha value is -1.51. The van der Waals surface area contributed by atoms with Crippen LogP contribution in [0.3, 0.4) is 0 Å².